The maximum atomic E-state index is 13.6. The van der Waals surface area contributed by atoms with Crippen LogP contribution in [0.4, 0.5) is 14.5 Å². The lowest BCUT2D eigenvalue weighted by Gasteiger charge is -2.09. The van der Waals surface area contributed by atoms with E-state index in [0.29, 0.717) is 17.0 Å². The van der Waals surface area contributed by atoms with Gasteiger partial charge in [0.25, 0.3) is 0 Å². The first-order chi connectivity index (χ1) is 9.51. The van der Waals surface area contributed by atoms with Crippen molar-refractivity contribution < 1.29 is 17.7 Å². The predicted molar refractivity (Wildman–Crippen MR) is 73.9 cm³/mol. The van der Waals surface area contributed by atoms with Crippen LogP contribution >= 0.6 is 0 Å². The number of anilines is 1. The van der Waals surface area contributed by atoms with Crippen LogP contribution in [0.2, 0.25) is 0 Å². The van der Waals surface area contributed by atoms with E-state index < -0.39 is 22.4 Å². The number of benzene rings is 2. The molecule has 0 bridgehead atoms. The van der Waals surface area contributed by atoms with Gasteiger partial charge in [0.2, 0.25) is 0 Å². The zero-order chi connectivity index (χ0) is 14.7. The summed E-state index contributed by atoms with van der Waals surface area (Å²) in [5.74, 6) is -0.836. The minimum Gasteiger partial charge on any atom is -0.496 e. The average molecular weight is 297 g/mol. The van der Waals surface area contributed by atoms with Gasteiger partial charge in [-0.25, -0.2) is 8.78 Å². The fourth-order valence-corrected chi connectivity index (χ4v) is 2.96. The van der Waals surface area contributed by atoms with Crippen molar-refractivity contribution >= 4 is 16.5 Å². The molecule has 6 heteroatoms. The van der Waals surface area contributed by atoms with Crippen LogP contribution in [0.3, 0.4) is 0 Å². The van der Waals surface area contributed by atoms with Gasteiger partial charge in [-0.15, -0.1) is 0 Å². The Labute approximate surface area is 117 Å². The van der Waals surface area contributed by atoms with Crippen molar-refractivity contribution in [3.63, 3.8) is 0 Å². The molecule has 0 radical (unpaired) electrons. The Morgan fingerprint density at radius 3 is 2.65 bits per heavy atom. The van der Waals surface area contributed by atoms with Gasteiger partial charge in [-0.2, -0.15) is 0 Å². The lowest BCUT2D eigenvalue weighted by Crippen LogP contribution is -2.02. The highest BCUT2D eigenvalue weighted by atomic mass is 32.2. The fraction of sp³-hybridized carbons (Fsp3) is 0.143. The molecule has 0 aliphatic carbocycles. The van der Waals surface area contributed by atoms with Gasteiger partial charge in [-0.05, 0) is 24.3 Å². The Bertz CT molecular complexity index is 662. The Balaban J connectivity index is 2.30. The second-order valence-corrected chi connectivity index (χ2v) is 5.56. The molecule has 0 saturated heterocycles. The molecule has 2 rings (SSSR count). The Hall–Kier alpha value is -1.95. The summed E-state index contributed by atoms with van der Waals surface area (Å²) in [4.78, 5) is -0.163. The normalized spacial score (nSPS) is 12.2. The predicted octanol–water partition coefficient (Wildman–Crippen LogP) is 2.86. The molecule has 3 nitrogen and oxygen atoms in total. The number of nitrogens with two attached hydrogens (primary N) is 1. The summed E-state index contributed by atoms with van der Waals surface area (Å²) >= 11 is 0. The number of hydrogen-bond acceptors (Lipinski definition) is 3. The fourth-order valence-electron chi connectivity index (χ4n) is 1.75. The number of hydrogen-bond donors (Lipinski definition) is 1. The maximum Gasteiger partial charge on any atom is 0.139 e. The molecular formula is C14H13F2NO2S. The van der Waals surface area contributed by atoms with E-state index in [1.165, 1.54) is 7.11 Å². The quantitative estimate of drug-likeness (QED) is 0.883. The van der Waals surface area contributed by atoms with E-state index in [-0.39, 0.29) is 10.6 Å². The Morgan fingerprint density at radius 2 is 1.95 bits per heavy atom. The average Bonchev–Trinajstić information content (AvgIpc) is 2.43. The summed E-state index contributed by atoms with van der Waals surface area (Å²) in [5.41, 5.74) is 6.75. The van der Waals surface area contributed by atoms with Crippen molar-refractivity contribution in [2.24, 2.45) is 0 Å². The van der Waals surface area contributed by atoms with Gasteiger partial charge in [-0.1, -0.05) is 6.07 Å². The third kappa shape index (κ3) is 3.14. The molecule has 0 aliphatic rings. The van der Waals surface area contributed by atoms with E-state index in [9.17, 15) is 13.0 Å². The van der Waals surface area contributed by atoms with Crippen LogP contribution < -0.4 is 10.5 Å². The van der Waals surface area contributed by atoms with E-state index in [1.54, 1.807) is 18.2 Å². The van der Waals surface area contributed by atoms with Gasteiger partial charge >= 0.3 is 0 Å². The van der Waals surface area contributed by atoms with Gasteiger partial charge in [0.15, 0.2) is 0 Å². The smallest absolute Gasteiger partial charge is 0.139 e. The Kier molecular flexibility index (Phi) is 4.34. The van der Waals surface area contributed by atoms with Crippen molar-refractivity contribution in [3.05, 3.63) is 53.6 Å². The summed E-state index contributed by atoms with van der Waals surface area (Å²) in [6.07, 6.45) is 0. The standard InChI is InChI=1S/C14H13F2NO2S/c1-19-13-7-11(17)4-2-9(13)8-20(18)14-6-10(15)3-5-12(14)16/h2-7H,8,17H2,1H3. The monoisotopic (exact) mass is 297 g/mol. The van der Waals surface area contributed by atoms with Crippen LogP contribution in [-0.4, -0.2) is 11.3 Å². The van der Waals surface area contributed by atoms with Gasteiger partial charge < -0.3 is 10.5 Å². The molecule has 2 aromatic carbocycles. The van der Waals surface area contributed by atoms with Gasteiger partial charge in [0.05, 0.1) is 28.6 Å². The zero-order valence-corrected chi connectivity index (χ0v) is 11.5. The molecule has 0 aliphatic heterocycles. The molecule has 2 aromatic rings. The van der Waals surface area contributed by atoms with E-state index in [1.807, 2.05) is 0 Å². The summed E-state index contributed by atoms with van der Waals surface area (Å²) in [6.45, 7) is 0. The van der Waals surface area contributed by atoms with Gasteiger partial charge in [0.1, 0.15) is 17.4 Å². The molecule has 1 unspecified atom stereocenters. The molecule has 0 fully saturated rings. The highest BCUT2D eigenvalue weighted by Crippen LogP contribution is 2.25. The molecule has 106 valence electrons. The summed E-state index contributed by atoms with van der Waals surface area (Å²) in [6, 6.07) is 7.77. The van der Waals surface area contributed by atoms with Gasteiger partial charge in [0, 0.05) is 17.3 Å². The number of rotatable bonds is 4. The third-order valence-electron chi connectivity index (χ3n) is 2.74. The van der Waals surface area contributed by atoms with Crippen LogP contribution in [0.15, 0.2) is 41.3 Å². The molecular weight excluding hydrogens is 284 g/mol. The molecule has 0 heterocycles. The third-order valence-corrected chi connectivity index (χ3v) is 4.11. The van der Waals surface area contributed by atoms with Crippen LogP contribution in [0, 0.1) is 11.6 Å². The maximum absolute atomic E-state index is 13.6. The molecule has 0 amide bonds. The van der Waals surface area contributed by atoms with Crippen LogP contribution in [0.1, 0.15) is 5.56 Å². The summed E-state index contributed by atoms with van der Waals surface area (Å²) in [7, 11) is -0.248. The van der Waals surface area contributed by atoms with Crippen LogP contribution in [0.25, 0.3) is 0 Å². The molecule has 2 N–H and O–H groups in total. The van der Waals surface area contributed by atoms with Crippen molar-refractivity contribution in [1.29, 1.82) is 0 Å². The van der Waals surface area contributed by atoms with E-state index in [0.717, 1.165) is 18.2 Å². The molecule has 0 aromatic heterocycles. The first kappa shape index (κ1) is 14.5. The van der Waals surface area contributed by atoms with Crippen molar-refractivity contribution in [2.45, 2.75) is 10.6 Å². The number of methoxy groups -OCH3 is 1. The largest absolute Gasteiger partial charge is 0.496 e. The van der Waals surface area contributed by atoms with E-state index in [4.69, 9.17) is 10.5 Å². The lowest BCUT2D eigenvalue weighted by atomic mass is 10.2. The molecule has 20 heavy (non-hydrogen) atoms. The Morgan fingerprint density at radius 1 is 1.20 bits per heavy atom. The second-order valence-electron chi connectivity index (χ2n) is 4.14. The highest BCUT2D eigenvalue weighted by Gasteiger charge is 2.14. The highest BCUT2D eigenvalue weighted by molar-refractivity contribution is 7.84. The molecule has 0 saturated carbocycles. The van der Waals surface area contributed by atoms with Crippen molar-refractivity contribution in [3.8, 4) is 5.75 Å². The van der Waals surface area contributed by atoms with E-state index in [2.05, 4.69) is 0 Å². The lowest BCUT2D eigenvalue weighted by molar-refractivity contribution is 0.411. The van der Waals surface area contributed by atoms with Crippen LogP contribution in [-0.2, 0) is 16.6 Å². The molecule has 1 atom stereocenters. The topological polar surface area (TPSA) is 52.3 Å². The summed E-state index contributed by atoms with van der Waals surface area (Å²) in [5, 5.41) is 0. The number of ether oxygens (including phenoxy) is 1. The SMILES string of the molecule is COc1cc(N)ccc1CS(=O)c1cc(F)ccc1F. The van der Waals surface area contributed by atoms with Gasteiger partial charge in [-0.3, -0.25) is 4.21 Å². The molecule has 0 spiro atoms. The van der Waals surface area contributed by atoms with E-state index >= 15 is 0 Å². The minimum atomic E-state index is -1.71. The first-order valence-corrected chi connectivity index (χ1v) is 7.09. The van der Waals surface area contributed by atoms with Crippen molar-refractivity contribution in [2.75, 3.05) is 12.8 Å². The van der Waals surface area contributed by atoms with Crippen molar-refractivity contribution in [1.82, 2.24) is 0 Å². The number of nitrogen functional groups attached to an aromatic ring is 1. The second kappa shape index (κ2) is 6.00. The minimum absolute atomic E-state index is 0.0177. The summed E-state index contributed by atoms with van der Waals surface area (Å²) < 4.78 is 44.0. The first-order valence-electron chi connectivity index (χ1n) is 5.77. The zero-order valence-electron chi connectivity index (χ0n) is 10.7. The number of halogens is 2. The van der Waals surface area contributed by atoms with Crippen LogP contribution in [0.5, 0.6) is 5.75 Å².